The van der Waals surface area contributed by atoms with Gasteiger partial charge in [0.15, 0.2) is 0 Å². The number of aryl methyl sites for hydroxylation is 1. The lowest BCUT2D eigenvalue weighted by Gasteiger charge is -2.15. The van der Waals surface area contributed by atoms with Crippen LogP contribution in [0.15, 0.2) is 126 Å². The van der Waals surface area contributed by atoms with Crippen molar-refractivity contribution >= 4 is 31.7 Å². The first-order valence-corrected chi connectivity index (χ1v) is 13.0. The van der Waals surface area contributed by atoms with Gasteiger partial charge in [-0.25, -0.2) is 12.4 Å². The van der Waals surface area contributed by atoms with Crippen LogP contribution in [0.4, 0.5) is 0 Å². The van der Waals surface area contributed by atoms with Gasteiger partial charge in [0.1, 0.15) is 0 Å². The Morgan fingerprint density at radius 3 is 2.03 bits per heavy atom. The van der Waals surface area contributed by atoms with E-state index in [4.69, 9.17) is 0 Å². The molecule has 170 valence electrons. The average molecular weight is 474 g/mol. The number of hydrogen-bond acceptors (Lipinski definition) is 2. The van der Waals surface area contributed by atoms with Crippen molar-refractivity contribution in [2.45, 2.75) is 11.8 Å². The van der Waals surface area contributed by atoms with E-state index in [1.807, 2.05) is 91.9 Å². The summed E-state index contributed by atoms with van der Waals surface area (Å²) in [5, 5.41) is 3.08. The van der Waals surface area contributed by atoms with E-state index in [-0.39, 0.29) is 4.90 Å². The summed E-state index contributed by atoms with van der Waals surface area (Å²) in [5.74, 6) is 0. The van der Waals surface area contributed by atoms with Crippen molar-refractivity contribution in [3.05, 3.63) is 127 Å². The molecule has 0 N–H and O–H groups in total. The van der Waals surface area contributed by atoms with Gasteiger partial charge in [0.2, 0.25) is 0 Å². The third-order valence-electron chi connectivity index (χ3n) is 6.48. The van der Waals surface area contributed by atoms with E-state index < -0.39 is 10.0 Å². The van der Waals surface area contributed by atoms with Gasteiger partial charge in [0.05, 0.1) is 16.1 Å². The molecule has 0 radical (unpaired) electrons. The highest BCUT2D eigenvalue weighted by Crippen LogP contribution is 2.43. The van der Waals surface area contributed by atoms with Crippen LogP contribution in [-0.2, 0) is 10.0 Å². The Morgan fingerprint density at radius 1 is 0.600 bits per heavy atom. The highest BCUT2D eigenvalue weighted by molar-refractivity contribution is 7.90. The molecule has 35 heavy (non-hydrogen) atoms. The molecule has 3 nitrogen and oxygen atoms in total. The number of para-hydroxylation sites is 1. The number of rotatable bonds is 4. The first kappa shape index (κ1) is 21.4. The lowest BCUT2D eigenvalue weighted by atomic mass is 9.97. The fourth-order valence-electron chi connectivity index (χ4n) is 4.77. The first-order chi connectivity index (χ1) is 17.0. The third kappa shape index (κ3) is 3.54. The molecule has 6 rings (SSSR count). The van der Waals surface area contributed by atoms with Crippen molar-refractivity contribution in [1.29, 1.82) is 0 Å². The second kappa shape index (κ2) is 8.26. The first-order valence-electron chi connectivity index (χ1n) is 11.5. The van der Waals surface area contributed by atoms with E-state index in [0.29, 0.717) is 11.2 Å². The number of benzene rings is 5. The van der Waals surface area contributed by atoms with Gasteiger partial charge in [-0.15, -0.1) is 0 Å². The second-order valence-corrected chi connectivity index (χ2v) is 10.5. The highest BCUT2D eigenvalue weighted by Gasteiger charge is 2.28. The standard InChI is InChI=1S/C31H23NO2S/c1-22-15-19-27(20-16-22)35(33,34)32-29-14-8-7-13-28(29)30(24-10-3-2-4-11-24)31(32)26-18-17-23-9-5-6-12-25(23)21-26/h2-21H,1H3. The number of hydrogen-bond donors (Lipinski definition) is 0. The summed E-state index contributed by atoms with van der Waals surface area (Å²) in [5.41, 5.74) is 5.09. The van der Waals surface area contributed by atoms with Gasteiger partial charge in [-0.1, -0.05) is 103 Å². The van der Waals surface area contributed by atoms with Crippen molar-refractivity contribution in [1.82, 2.24) is 3.97 Å². The summed E-state index contributed by atoms with van der Waals surface area (Å²) in [6, 6.07) is 39.1. The van der Waals surface area contributed by atoms with E-state index >= 15 is 0 Å². The Balaban J connectivity index is 1.77. The van der Waals surface area contributed by atoms with Gasteiger partial charge in [0.25, 0.3) is 10.0 Å². The van der Waals surface area contributed by atoms with Gasteiger partial charge >= 0.3 is 0 Å². The lowest BCUT2D eigenvalue weighted by molar-refractivity contribution is 0.589. The molecule has 0 fully saturated rings. The smallest absolute Gasteiger partial charge is 0.233 e. The lowest BCUT2D eigenvalue weighted by Crippen LogP contribution is -2.14. The average Bonchev–Trinajstić information content (AvgIpc) is 3.25. The Hall–Kier alpha value is -4.15. The summed E-state index contributed by atoms with van der Waals surface area (Å²) in [6.45, 7) is 1.95. The molecule has 1 heterocycles. The number of fused-ring (bicyclic) bond motifs is 2. The topological polar surface area (TPSA) is 39.1 Å². The van der Waals surface area contributed by atoms with Crippen LogP contribution in [0, 0.1) is 6.92 Å². The molecule has 0 saturated carbocycles. The van der Waals surface area contributed by atoms with Crippen LogP contribution in [-0.4, -0.2) is 12.4 Å². The van der Waals surface area contributed by atoms with Crippen LogP contribution in [0.1, 0.15) is 5.56 Å². The molecule has 6 aromatic rings. The van der Waals surface area contributed by atoms with Crippen molar-refractivity contribution in [3.8, 4) is 22.4 Å². The van der Waals surface area contributed by atoms with E-state index in [1.54, 1.807) is 12.1 Å². The fraction of sp³-hybridized carbons (Fsp3) is 0.0323. The minimum atomic E-state index is -3.88. The van der Waals surface area contributed by atoms with Crippen LogP contribution in [0.3, 0.4) is 0 Å². The minimum absolute atomic E-state index is 0.269. The molecule has 0 saturated heterocycles. The quantitative estimate of drug-likeness (QED) is 0.263. The van der Waals surface area contributed by atoms with Gasteiger partial charge < -0.3 is 0 Å². The normalized spacial score (nSPS) is 11.8. The Bertz CT molecular complexity index is 1800. The van der Waals surface area contributed by atoms with E-state index in [2.05, 4.69) is 24.3 Å². The predicted molar refractivity (Wildman–Crippen MR) is 144 cm³/mol. The van der Waals surface area contributed by atoms with Crippen LogP contribution < -0.4 is 0 Å². The van der Waals surface area contributed by atoms with Gasteiger partial charge in [-0.3, -0.25) is 0 Å². The summed E-state index contributed by atoms with van der Waals surface area (Å²) in [6.07, 6.45) is 0. The van der Waals surface area contributed by atoms with E-state index in [1.165, 1.54) is 3.97 Å². The Kier molecular flexibility index (Phi) is 5.05. The summed E-state index contributed by atoms with van der Waals surface area (Å²) in [7, 11) is -3.88. The van der Waals surface area contributed by atoms with Gasteiger partial charge in [-0.2, -0.15) is 0 Å². The zero-order valence-corrected chi connectivity index (χ0v) is 20.0. The Morgan fingerprint density at radius 2 is 1.26 bits per heavy atom. The molecule has 0 atom stereocenters. The summed E-state index contributed by atoms with van der Waals surface area (Å²) < 4.78 is 30.0. The maximum atomic E-state index is 14.2. The molecule has 5 aromatic carbocycles. The molecule has 0 unspecified atom stereocenters. The fourth-order valence-corrected chi connectivity index (χ4v) is 6.32. The van der Waals surface area contributed by atoms with Gasteiger partial charge in [0, 0.05) is 16.5 Å². The molecule has 0 amide bonds. The number of nitrogens with zero attached hydrogens (tertiary/aromatic N) is 1. The van der Waals surface area contributed by atoms with E-state index in [9.17, 15) is 8.42 Å². The van der Waals surface area contributed by atoms with Crippen molar-refractivity contribution in [2.24, 2.45) is 0 Å². The second-order valence-electron chi connectivity index (χ2n) is 8.75. The predicted octanol–water partition coefficient (Wildman–Crippen LogP) is 7.67. The van der Waals surface area contributed by atoms with Crippen molar-refractivity contribution in [3.63, 3.8) is 0 Å². The van der Waals surface area contributed by atoms with Crippen LogP contribution in [0.25, 0.3) is 44.1 Å². The molecule has 4 heteroatoms. The van der Waals surface area contributed by atoms with Crippen molar-refractivity contribution < 1.29 is 8.42 Å². The maximum Gasteiger partial charge on any atom is 0.268 e. The van der Waals surface area contributed by atoms with Crippen LogP contribution in [0.2, 0.25) is 0 Å². The molecular formula is C31H23NO2S. The van der Waals surface area contributed by atoms with Crippen LogP contribution >= 0.6 is 0 Å². The molecule has 1 aromatic heterocycles. The monoisotopic (exact) mass is 473 g/mol. The molecule has 0 aliphatic rings. The van der Waals surface area contributed by atoms with Crippen molar-refractivity contribution in [2.75, 3.05) is 0 Å². The molecular weight excluding hydrogens is 450 g/mol. The minimum Gasteiger partial charge on any atom is -0.233 e. The maximum absolute atomic E-state index is 14.2. The molecule has 0 bridgehead atoms. The van der Waals surface area contributed by atoms with Gasteiger partial charge in [-0.05, 0) is 47.5 Å². The summed E-state index contributed by atoms with van der Waals surface area (Å²) in [4.78, 5) is 0.269. The van der Waals surface area contributed by atoms with E-state index in [0.717, 1.165) is 38.4 Å². The SMILES string of the molecule is Cc1ccc(S(=O)(=O)n2c(-c3ccc4ccccc4c3)c(-c3ccccc3)c3ccccc32)cc1. The molecule has 0 aliphatic carbocycles. The summed E-state index contributed by atoms with van der Waals surface area (Å²) >= 11 is 0. The number of aromatic nitrogens is 1. The highest BCUT2D eigenvalue weighted by atomic mass is 32.2. The zero-order chi connectivity index (χ0) is 24.0. The van der Waals surface area contributed by atoms with Crippen LogP contribution in [0.5, 0.6) is 0 Å². The Labute approximate surface area is 205 Å². The molecule has 0 spiro atoms. The molecule has 0 aliphatic heterocycles. The third-order valence-corrected chi connectivity index (χ3v) is 8.20. The largest absolute Gasteiger partial charge is 0.268 e. The zero-order valence-electron chi connectivity index (χ0n) is 19.2.